The molecule has 0 rings (SSSR count). The quantitative estimate of drug-likeness (QED) is 0.0338. The Hall–Kier alpha value is -1.80. The van der Waals surface area contributed by atoms with E-state index < -0.39 is 33.6 Å². The van der Waals surface area contributed by atoms with Crippen molar-refractivity contribution in [2.45, 2.75) is 498 Å². The second kappa shape index (κ2) is 75.8. The third-order valence-corrected chi connectivity index (χ3v) is 27.4. The Balaban J connectivity index is -0.000000143. The van der Waals surface area contributed by atoms with Crippen LogP contribution < -0.4 is 0 Å². The molecule has 122 heavy (non-hydrogen) atoms. The fourth-order valence-electron chi connectivity index (χ4n) is 9.53. The summed E-state index contributed by atoms with van der Waals surface area (Å²) in [6, 6.07) is 0. The molecule has 0 fully saturated rings. The molecule has 6 heteroatoms. The van der Waals surface area contributed by atoms with Crippen molar-refractivity contribution in [1.29, 1.82) is 0 Å². The van der Waals surface area contributed by atoms with Crippen LogP contribution in [0.4, 0.5) is 0 Å². The zero-order valence-corrected chi connectivity index (χ0v) is 94.4. The molecule has 0 aliphatic heterocycles. The van der Waals surface area contributed by atoms with Gasteiger partial charge in [0.15, 0.2) is 0 Å². The van der Waals surface area contributed by atoms with Crippen molar-refractivity contribution in [3.63, 3.8) is 0 Å². The van der Waals surface area contributed by atoms with Gasteiger partial charge in [0.25, 0.3) is 0 Å². The minimum absolute atomic E-state index is 0.216. The van der Waals surface area contributed by atoms with Crippen LogP contribution in [0.5, 0.6) is 0 Å². The maximum Gasteiger partial charge on any atom is 0.0651 e. The molecule has 0 aliphatic rings. The molecule has 0 aliphatic carbocycles. The van der Waals surface area contributed by atoms with Gasteiger partial charge in [0.1, 0.15) is 0 Å². The van der Waals surface area contributed by atoms with Crippen molar-refractivity contribution >= 4 is 0 Å². The molecule has 0 aromatic rings. The summed E-state index contributed by atoms with van der Waals surface area (Å²) in [5.41, 5.74) is -3.37. The Morgan fingerprint density at radius 3 is 0.385 bits per heavy atom. The lowest BCUT2D eigenvalue weighted by Crippen LogP contribution is -2.27. The van der Waals surface area contributed by atoms with Gasteiger partial charge >= 0.3 is 0 Å². The van der Waals surface area contributed by atoms with E-state index in [1.807, 2.05) is 111 Å². The third-order valence-electron chi connectivity index (χ3n) is 27.4. The first-order valence-electron chi connectivity index (χ1n) is 51.1. The highest BCUT2D eigenvalue weighted by atomic mass is 16.3. The lowest BCUT2D eigenvalue weighted by molar-refractivity contribution is 0.0434. The maximum absolute atomic E-state index is 9.69. The van der Waals surface area contributed by atoms with E-state index >= 15 is 0 Å². The van der Waals surface area contributed by atoms with Crippen LogP contribution in [0.1, 0.15) is 465 Å². The minimum Gasteiger partial charge on any atom is -0.390 e. The molecule has 6 nitrogen and oxygen atoms in total. The van der Waals surface area contributed by atoms with Gasteiger partial charge in [-0.1, -0.05) is 442 Å². The van der Waals surface area contributed by atoms with Crippen LogP contribution in [0.25, 0.3) is 0 Å². The first kappa shape index (κ1) is 141. The van der Waals surface area contributed by atoms with E-state index in [4.69, 9.17) is 0 Å². The SMILES string of the molecule is CC(C)CCC[C@@H](C)C(C)C.CC(C)CCC[C@H](C)C(C)C.CC(C)[C@@H](C)/C=C/[C@@H](C)C(C)(C)O.CC(C)[C@@H](C)/C=C/[C@H](C)C(C)(C)O.CC(C)[C@@H](C)/C=C/[C@H](C)C(C)C.CC(C)[C@@H](C)CCCC(C)(C)O.CC(C)[C@H](C)/C=C/[C@@H](C)C(C)(C)O.CC(C)[C@H](C)/C=C/[C@H](C)C(C)(C)O.CC(C)[C@H](C)/C=C/[C@H](C)C(C)C.CC(C)[C@H](C)CCCC(C)(C)O. The van der Waals surface area contributed by atoms with Gasteiger partial charge < -0.3 is 30.6 Å². The van der Waals surface area contributed by atoms with E-state index in [1.165, 1.54) is 51.4 Å². The molecule has 6 N–H and O–H groups in total. The van der Waals surface area contributed by atoms with Crippen molar-refractivity contribution in [3.05, 3.63) is 72.9 Å². The Bertz CT molecular complexity index is 2130. The molecule has 0 aromatic carbocycles. The van der Waals surface area contributed by atoms with Crippen molar-refractivity contribution < 1.29 is 30.6 Å². The molecule has 0 radical (unpaired) electrons. The highest BCUT2D eigenvalue weighted by molar-refractivity contribution is 5.00. The van der Waals surface area contributed by atoms with Crippen LogP contribution in [-0.2, 0) is 0 Å². The summed E-state index contributed by atoms with van der Waals surface area (Å²) in [6.45, 7) is 121. The standard InChI is InChI=1S/4C12H24O.2C12H24.2C11H24O.2C11H24/c4*1-9(2)10(3)7-8-11(4)12(5,6)13;2*1-9(2)11(5)7-8-12(6)10(3)4;2*1-9(2)10(3)7-6-8-11(4,5)12;2*1-9(2)7-6-8-11(5)10(3)4/h4*7-11,13H,1-6H3;2*7-12H,1-6H3;2*9-10,12H,6-8H2,1-5H3;2*9-11H,6-8H2,1-5H3/b6*8-7+;;;;/t2*10-,11+;2*10-,11-;11-,12+;11-,12-;2*10-;2*11-/m1010.01010/s1. The van der Waals surface area contributed by atoms with E-state index in [-0.39, 0.29) is 23.7 Å². The van der Waals surface area contributed by atoms with E-state index in [9.17, 15) is 30.6 Å². The fourth-order valence-corrected chi connectivity index (χ4v) is 9.53. The normalized spacial score (nSPS) is 16.8. The summed E-state index contributed by atoms with van der Waals surface area (Å²) in [5.74, 6) is 20.2. The average molecular weight is 1730 g/mol. The van der Waals surface area contributed by atoms with E-state index in [2.05, 4.69) is 350 Å². The second-order valence-electron chi connectivity index (χ2n) is 47.8. The third kappa shape index (κ3) is 102. The highest BCUT2D eigenvalue weighted by Gasteiger charge is 2.24. The molecule has 0 heterocycles. The Kier molecular flexibility index (Phi) is 87.4. The molecular formula is C116H240O6. The Morgan fingerprint density at radius 1 is 0.164 bits per heavy atom. The maximum atomic E-state index is 9.69. The van der Waals surface area contributed by atoms with E-state index in [0.717, 1.165) is 109 Å². The Labute approximate surface area is 774 Å². The predicted molar refractivity (Wildman–Crippen MR) is 562 cm³/mol. The summed E-state index contributed by atoms with van der Waals surface area (Å²) < 4.78 is 0. The second-order valence-corrected chi connectivity index (χ2v) is 47.8. The molecule has 740 valence electrons. The van der Waals surface area contributed by atoms with Crippen LogP contribution in [0.3, 0.4) is 0 Å². The Morgan fingerprint density at radius 2 is 0.287 bits per heavy atom. The lowest BCUT2D eigenvalue weighted by atomic mass is 9.90. The van der Waals surface area contributed by atoms with Gasteiger partial charge in [-0.05, 0) is 250 Å². The molecule has 0 bridgehead atoms. The van der Waals surface area contributed by atoms with E-state index in [1.54, 1.807) is 0 Å². The van der Waals surface area contributed by atoms with Gasteiger partial charge in [-0.25, -0.2) is 0 Å². The lowest BCUT2D eigenvalue weighted by Gasteiger charge is -2.23. The van der Waals surface area contributed by atoms with Crippen molar-refractivity contribution in [1.82, 2.24) is 0 Å². The summed E-state index contributed by atoms with van der Waals surface area (Å²) in [4.78, 5) is 0. The first-order chi connectivity index (χ1) is 54.6. The summed E-state index contributed by atoms with van der Waals surface area (Å²) in [6.07, 6.45) is 41.7. The van der Waals surface area contributed by atoms with Gasteiger partial charge in [-0.2, -0.15) is 0 Å². The molecule has 0 spiro atoms. The minimum atomic E-state index is -0.604. The summed E-state index contributed by atoms with van der Waals surface area (Å²) in [7, 11) is 0. The van der Waals surface area contributed by atoms with Crippen LogP contribution in [0, 0.1) is 178 Å². The van der Waals surface area contributed by atoms with E-state index in [0.29, 0.717) is 71.0 Å². The van der Waals surface area contributed by atoms with Crippen LogP contribution >= 0.6 is 0 Å². The first-order valence-corrected chi connectivity index (χ1v) is 51.1. The van der Waals surface area contributed by atoms with Gasteiger partial charge in [-0.3, -0.25) is 0 Å². The number of aliphatic hydroxyl groups is 6. The summed E-state index contributed by atoms with van der Waals surface area (Å²) in [5, 5.41) is 57.7. The molecule has 0 aromatic heterocycles. The smallest absolute Gasteiger partial charge is 0.0651 e. The summed E-state index contributed by atoms with van der Waals surface area (Å²) >= 11 is 0. The zero-order chi connectivity index (χ0) is 99.3. The van der Waals surface area contributed by atoms with Crippen molar-refractivity contribution in [2.75, 3.05) is 0 Å². The van der Waals surface area contributed by atoms with Gasteiger partial charge in [-0.15, -0.1) is 0 Å². The molecule has 0 saturated heterocycles. The molecule has 0 amide bonds. The fraction of sp³-hybridized carbons (Fsp3) is 0.897. The van der Waals surface area contributed by atoms with Gasteiger partial charge in [0.2, 0.25) is 0 Å². The number of hydrogen-bond acceptors (Lipinski definition) is 6. The largest absolute Gasteiger partial charge is 0.390 e. The van der Waals surface area contributed by atoms with Crippen LogP contribution in [0.15, 0.2) is 72.9 Å². The average Bonchev–Trinajstić information content (AvgIpc) is 0.919. The molecular weight excluding hydrogens is 1490 g/mol. The predicted octanol–water partition coefficient (Wildman–Crippen LogP) is 35.9. The molecule has 16 atom stereocenters. The highest BCUT2D eigenvalue weighted by Crippen LogP contribution is 2.28. The van der Waals surface area contributed by atoms with Crippen LogP contribution in [0.2, 0.25) is 0 Å². The monoisotopic (exact) mass is 1730 g/mol. The number of rotatable bonds is 44. The van der Waals surface area contributed by atoms with Gasteiger partial charge in [0, 0.05) is 23.7 Å². The van der Waals surface area contributed by atoms with Crippen LogP contribution in [-0.4, -0.2) is 64.2 Å². The number of allylic oxidation sites excluding steroid dienone is 8. The molecule has 0 unspecified atom stereocenters. The van der Waals surface area contributed by atoms with Gasteiger partial charge in [0.05, 0.1) is 33.6 Å². The van der Waals surface area contributed by atoms with Crippen molar-refractivity contribution in [3.8, 4) is 0 Å². The zero-order valence-electron chi connectivity index (χ0n) is 94.4. The molecule has 0 saturated carbocycles. The van der Waals surface area contributed by atoms with Crippen molar-refractivity contribution in [2.24, 2.45) is 178 Å². The topological polar surface area (TPSA) is 121 Å². The number of hydrogen-bond donors (Lipinski definition) is 6.